The first-order valence-corrected chi connectivity index (χ1v) is 8.21. The Bertz CT molecular complexity index is 828. The van der Waals surface area contributed by atoms with E-state index in [-0.39, 0.29) is 35.7 Å². The van der Waals surface area contributed by atoms with Gasteiger partial charge in [0.2, 0.25) is 5.91 Å². The van der Waals surface area contributed by atoms with Crippen LogP contribution in [0.3, 0.4) is 0 Å². The molecule has 3 aliphatic rings. The molecule has 1 aliphatic heterocycles. The van der Waals surface area contributed by atoms with Gasteiger partial charge in [-0.2, -0.15) is 0 Å². The summed E-state index contributed by atoms with van der Waals surface area (Å²) < 4.78 is 5.41. The quantitative estimate of drug-likeness (QED) is 0.868. The molecule has 3 fully saturated rings. The van der Waals surface area contributed by atoms with E-state index in [9.17, 15) is 9.59 Å². The van der Waals surface area contributed by atoms with Crippen molar-refractivity contribution < 1.29 is 14.3 Å². The molecule has 1 saturated heterocycles. The van der Waals surface area contributed by atoms with Gasteiger partial charge in [-0.05, 0) is 41.7 Å². The number of carbonyl (C=O) groups excluding carboxylic acids is 2. The predicted molar refractivity (Wildman–Crippen MR) is 85.7 cm³/mol. The fourth-order valence-electron chi connectivity index (χ4n) is 4.86. The molecule has 4 heteroatoms. The van der Waals surface area contributed by atoms with Crippen LogP contribution in [0.4, 0.5) is 5.69 Å². The third kappa shape index (κ3) is 1.84. The van der Waals surface area contributed by atoms with Crippen molar-refractivity contribution in [3.8, 4) is 0 Å². The first-order valence-electron chi connectivity index (χ1n) is 8.21. The minimum Gasteiger partial charge on any atom is -0.462 e. The molecule has 23 heavy (non-hydrogen) atoms. The van der Waals surface area contributed by atoms with Gasteiger partial charge in [-0.15, -0.1) is 0 Å². The Labute approximate surface area is 133 Å². The first kappa shape index (κ1) is 13.1. The maximum Gasteiger partial charge on any atom is 0.310 e. The number of amides is 1. The molecule has 0 aromatic heterocycles. The Hall–Kier alpha value is -2.36. The number of nitrogens with one attached hydrogen (secondary N) is 1. The number of ether oxygens (including phenoxy) is 1. The summed E-state index contributed by atoms with van der Waals surface area (Å²) in [5.74, 6) is -0.0903. The van der Waals surface area contributed by atoms with Crippen LogP contribution in [-0.4, -0.2) is 18.0 Å². The molecule has 1 heterocycles. The molecule has 0 spiro atoms. The van der Waals surface area contributed by atoms with Crippen molar-refractivity contribution in [3.05, 3.63) is 42.5 Å². The van der Waals surface area contributed by atoms with Crippen LogP contribution in [0, 0.1) is 23.7 Å². The summed E-state index contributed by atoms with van der Waals surface area (Å²) in [5.41, 5.74) is 0.791. The van der Waals surface area contributed by atoms with Crippen molar-refractivity contribution in [1.29, 1.82) is 0 Å². The zero-order valence-electron chi connectivity index (χ0n) is 12.6. The highest BCUT2D eigenvalue weighted by Crippen LogP contribution is 2.57. The maximum absolute atomic E-state index is 12.8. The van der Waals surface area contributed by atoms with Crippen molar-refractivity contribution in [2.45, 2.75) is 18.9 Å². The van der Waals surface area contributed by atoms with Gasteiger partial charge >= 0.3 is 5.97 Å². The summed E-state index contributed by atoms with van der Waals surface area (Å²) in [6, 6.07) is 14.0. The number of carbonyl (C=O) groups is 2. The summed E-state index contributed by atoms with van der Waals surface area (Å²) in [7, 11) is 0. The van der Waals surface area contributed by atoms with Gasteiger partial charge in [-0.25, -0.2) is 0 Å². The average Bonchev–Trinajstić information content (AvgIpc) is 3.16. The molecule has 0 unspecified atom stereocenters. The Balaban J connectivity index is 1.41. The first-order chi connectivity index (χ1) is 11.2. The van der Waals surface area contributed by atoms with E-state index in [4.69, 9.17) is 4.74 Å². The van der Waals surface area contributed by atoms with Crippen LogP contribution < -0.4 is 5.32 Å². The highest BCUT2D eigenvalue weighted by molar-refractivity contribution is 5.98. The van der Waals surface area contributed by atoms with Crippen molar-refractivity contribution in [1.82, 2.24) is 0 Å². The van der Waals surface area contributed by atoms with Gasteiger partial charge in [0.25, 0.3) is 0 Å². The van der Waals surface area contributed by atoms with Crippen LogP contribution in [-0.2, 0) is 14.3 Å². The Kier molecular flexibility index (Phi) is 2.61. The van der Waals surface area contributed by atoms with Crippen molar-refractivity contribution in [3.63, 3.8) is 0 Å². The molecule has 2 saturated carbocycles. The summed E-state index contributed by atoms with van der Waals surface area (Å²) in [4.78, 5) is 24.8. The number of hydrogen-bond donors (Lipinski definition) is 1. The minimum absolute atomic E-state index is 0.0323. The van der Waals surface area contributed by atoms with Crippen LogP contribution in [0.15, 0.2) is 42.5 Å². The van der Waals surface area contributed by atoms with E-state index in [0.717, 1.165) is 29.3 Å². The number of rotatable bonds is 2. The van der Waals surface area contributed by atoms with Gasteiger partial charge in [-0.1, -0.05) is 30.3 Å². The van der Waals surface area contributed by atoms with Gasteiger partial charge in [0.05, 0.1) is 11.8 Å². The molecule has 5 atom stereocenters. The normalized spacial score (nSPS) is 33.9. The highest BCUT2D eigenvalue weighted by Gasteiger charge is 2.63. The molecule has 0 radical (unpaired) electrons. The SMILES string of the molecule is O=C(Nc1ccc2ccccc2c1)[C@@H]1[C@@H]2C[C@@H]3[C@@H]1C(=O)O[C@H]3C2. The summed E-state index contributed by atoms with van der Waals surface area (Å²) in [6.07, 6.45) is 1.88. The summed E-state index contributed by atoms with van der Waals surface area (Å²) in [5, 5.41) is 5.26. The summed E-state index contributed by atoms with van der Waals surface area (Å²) in [6.45, 7) is 0. The summed E-state index contributed by atoms with van der Waals surface area (Å²) >= 11 is 0. The van der Waals surface area contributed by atoms with Crippen molar-refractivity contribution in [2.24, 2.45) is 23.7 Å². The molecule has 1 N–H and O–H groups in total. The van der Waals surface area contributed by atoms with E-state index in [1.807, 2.05) is 42.5 Å². The van der Waals surface area contributed by atoms with Crippen LogP contribution in [0.25, 0.3) is 10.8 Å². The third-order valence-corrected chi connectivity index (χ3v) is 5.80. The second-order valence-electron chi connectivity index (χ2n) is 6.97. The largest absolute Gasteiger partial charge is 0.462 e. The predicted octanol–water partition coefficient (Wildman–Crippen LogP) is 2.98. The Morgan fingerprint density at radius 1 is 1.09 bits per heavy atom. The fourth-order valence-corrected chi connectivity index (χ4v) is 4.86. The molecule has 2 bridgehead atoms. The van der Waals surface area contributed by atoms with Crippen LogP contribution in [0.5, 0.6) is 0 Å². The molecule has 2 aliphatic carbocycles. The number of benzene rings is 2. The zero-order valence-corrected chi connectivity index (χ0v) is 12.6. The lowest BCUT2D eigenvalue weighted by atomic mass is 9.79. The van der Waals surface area contributed by atoms with Crippen LogP contribution in [0.2, 0.25) is 0 Å². The molecule has 2 aromatic rings. The zero-order chi connectivity index (χ0) is 15.6. The standard InChI is InChI=1S/C19H17NO3/c21-18(16-12-8-14-15(9-12)23-19(22)17(14)16)20-13-6-5-10-3-1-2-4-11(10)7-13/h1-7,12,14-17H,8-9H2,(H,20,21)/t12-,14+,15+,16-,17+/m1/s1. The highest BCUT2D eigenvalue weighted by atomic mass is 16.6. The van der Waals surface area contributed by atoms with E-state index < -0.39 is 0 Å². The molecular formula is C19H17NO3. The van der Waals surface area contributed by atoms with E-state index in [1.165, 1.54) is 0 Å². The lowest BCUT2D eigenvalue weighted by Gasteiger charge is -2.23. The van der Waals surface area contributed by atoms with Crippen LogP contribution >= 0.6 is 0 Å². The lowest BCUT2D eigenvalue weighted by Crippen LogP contribution is -2.35. The smallest absolute Gasteiger partial charge is 0.310 e. The van der Waals surface area contributed by atoms with Crippen molar-refractivity contribution >= 4 is 28.3 Å². The lowest BCUT2D eigenvalue weighted by molar-refractivity contribution is -0.145. The number of fused-ring (bicyclic) bond motifs is 2. The van der Waals surface area contributed by atoms with E-state index in [0.29, 0.717) is 5.92 Å². The maximum atomic E-state index is 12.8. The topological polar surface area (TPSA) is 55.4 Å². The van der Waals surface area contributed by atoms with E-state index in [1.54, 1.807) is 0 Å². The second-order valence-corrected chi connectivity index (χ2v) is 6.97. The molecule has 116 valence electrons. The van der Waals surface area contributed by atoms with Gasteiger partial charge in [0.15, 0.2) is 0 Å². The Morgan fingerprint density at radius 3 is 2.78 bits per heavy atom. The molecule has 1 amide bonds. The Morgan fingerprint density at radius 2 is 1.91 bits per heavy atom. The van der Waals surface area contributed by atoms with Gasteiger partial charge in [-0.3, -0.25) is 9.59 Å². The fraction of sp³-hybridized carbons (Fsp3) is 0.368. The monoisotopic (exact) mass is 307 g/mol. The second kappa shape index (κ2) is 4.57. The molecular weight excluding hydrogens is 290 g/mol. The minimum atomic E-state index is -0.224. The van der Waals surface area contributed by atoms with E-state index in [2.05, 4.69) is 5.32 Å². The van der Waals surface area contributed by atoms with Crippen LogP contribution in [0.1, 0.15) is 12.8 Å². The number of anilines is 1. The number of esters is 1. The van der Waals surface area contributed by atoms with Gasteiger partial charge in [0.1, 0.15) is 6.10 Å². The van der Waals surface area contributed by atoms with Crippen molar-refractivity contribution in [2.75, 3.05) is 5.32 Å². The van der Waals surface area contributed by atoms with Gasteiger partial charge in [0, 0.05) is 11.6 Å². The number of hydrogen-bond acceptors (Lipinski definition) is 3. The third-order valence-electron chi connectivity index (χ3n) is 5.80. The van der Waals surface area contributed by atoms with Gasteiger partial charge < -0.3 is 10.1 Å². The average molecular weight is 307 g/mol. The molecule has 2 aromatic carbocycles. The molecule has 4 nitrogen and oxygen atoms in total. The molecule has 5 rings (SSSR count). The van der Waals surface area contributed by atoms with E-state index >= 15 is 0 Å².